The van der Waals surface area contributed by atoms with Crippen molar-refractivity contribution in [2.24, 2.45) is 0 Å². The number of hydrogen-bond acceptors (Lipinski definition) is 3. The maximum Gasteiger partial charge on any atom is 0.161 e. The van der Waals surface area contributed by atoms with Crippen molar-refractivity contribution >= 4 is 28.9 Å². The quantitative estimate of drug-likeness (QED) is 0.459. The third-order valence-corrected chi connectivity index (χ3v) is 5.37. The zero-order valence-electron chi connectivity index (χ0n) is 16.2. The molecule has 0 aromatic heterocycles. The average molecular weight is 416 g/mol. The summed E-state index contributed by atoms with van der Waals surface area (Å²) in [7, 11) is 1.63. The molecule has 0 aliphatic rings. The molecule has 3 nitrogen and oxygen atoms in total. The van der Waals surface area contributed by atoms with Crippen LogP contribution in [0.5, 0.6) is 11.5 Å². The minimum Gasteiger partial charge on any atom is -0.493 e. The number of ether oxygens (including phenoxy) is 2. The molecule has 3 aromatic rings. The van der Waals surface area contributed by atoms with Crippen molar-refractivity contribution in [1.82, 2.24) is 0 Å². The standard InChI is InChI=1S/C23H23Cl2NO2/c1-15-7-9-18(11-16(15)2)26-13-17-8-10-22(23(12-17)27-3)28-14-19-20(24)5-4-6-21(19)25/h4-12,26H,13-14H2,1-3H3. The van der Waals surface area contributed by atoms with Gasteiger partial charge in [-0.3, -0.25) is 0 Å². The average Bonchev–Trinajstić information content (AvgIpc) is 2.69. The maximum atomic E-state index is 6.21. The van der Waals surface area contributed by atoms with Crippen LogP contribution in [0, 0.1) is 13.8 Å². The molecule has 0 bridgehead atoms. The second-order valence-electron chi connectivity index (χ2n) is 6.63. The smallest absolute Gasteiger partial charge is 0.161 e. The molecule has 0 spiro atoms. The number of aryl methyl sites for hydroxylation is 2. The van der Waals surface area contributed by atoms with Gasteiger partial charge in [0.15, 0.2) is 11.5 Å². The lowest BCUT2D eigenvalue weighted by atomic mass is 10.1. The Balaban J connectivity index is 1.68. The summed E-state index contributed by atoms with van der Waals surface area (Å²) in [6, 6.07) is 17.7. The van der Waals surface area contributed by atoms with Gasteiger partial charge in [-0.1, -0.05) is 41.4 Å². The van der Waals surface area contributed by atoms with Gasteiger partial charge in [-0.25, -0.2) is 0 Å². The summed E-state index contributed by atoms with van der Waals surface area (Å²) >= 11 is 12.4. The summed E-state index contributed by atoms with van der Waals surface area (Å²) < 4.78 is 11.4. The van der Waals surface area contributed by atoms with E-state index in [0.29, 0.717) is 28.1 Å². The van der Waals surface area contributed by atoms with E-state index in [1.54, 1.807) is 19.2 Å². The lowest BCUT2D eigenvalue weighted by Gasteiger charge is -2.14. The van der Waals surface area contributed by atoms with E-state index in [-0.39, 0.29) is 6.61 Å². The lowest BCUT2D eigenvalue weighted by molar-refractivity contribution is 0.284. The molecule has 3 rings (SSSR count). The van der Waals surface area contributed by atoms with Gasteiger partial charge in [-0.2, -0.15) is 0 Å². The first-order chi connectivity index (χ1) is 13.5. The highest BCUT2D eigenvalue weighted by molar-refractivity contribution is 6.35. The van der Waals surface area contributed by atoms with E-state index in [1.165, 1.54) is 11.1 Å². The molecular weight excluding hydrogens is 393 g/mol. The van der Waals surface area contributed by atoms with Crippen LogP contribution in [-0.2, 0) is 13.2 Å². The number of hydrogen-bond donors (Lipinski definition) is 1. The summed E-state index contributed by atoms with van der Waals surface area (Å²) in [5.74, 6) is 1.32. The molecule has 0 saturated carbocycles. The number of rotatable bonds is 7. The van der Waals surface area contributed by atoms with Crippen molar-refractivity contribution in [2.45, 2.75) is 27.0 Å². The SMILES string of the molecule is COc1cc(CNc2ccc(C)c(C)c2)ccc1OCc1c(Cl)cccc1Cl. The summed E-state index contributed by atoms with van der Waals surface area (Å²) in [4.78, 5) is 0. The van der Waals surface area contributed by atoms with Gasteiger partial charge in [-0.05, 0) is 66.9 Å². The van der Waals surface area contributed by atoms with Gasteiger partial charge in [-0.15, -0.1) is 0 Å². The van der Waals surface area contributed by atoms with Crippen molar-refractivity contribution < 1.29 is 9.47 Å². The number of halogens is 2. The third kappa shape index (κ3) is 4.92. The molecule has 28 heavy (non-hydrogen) atoms. The van der Waals surface area contributed by atoms with Crippen LogP contribution in [0.2, 0.25) is 10.0 Å². The summed E-state index contributed by atoms with van der Waals surface area (Å²) in [6.45, 7) is 5.18. The largest absolute Gasteiger partial charge is 0.493 e. The fourth-order valence-electron chi connectivity index (χ4n) is 2.82. The van der Waals surface area contributed by atoms with E-state index in [1.807, 2.05) is 24.3 Å². The molecule has 5 heteroatoms. The van der Waals surface area contributed by atoms with Crippen LogP contribution in [-0.4, -0.2) is 7.11 Å². The Bertz CT molecular complexity index is 953. The molecule has 146 valence electrons. The van der Waals surface area contributed by atoms with Gasteiger partial charge in [0.05, 0.1) is 7.11 Å². The Labute approximate surface area is 176 Å². The molecule has 0 atom stereocenters. The molecule has 0 radical (unpaired) electrons. The number of methoxy groups -OCH3 is 1. The highest BCUT2D eigenvalue weighted by Crippen LogP contribution is 2.31. The Morgan fingerprint density at radius 2 is 1.61 bits per heavy atom. The Kier molecular flexibility index (Phi) is 6.71. The molecule has 0 heterocycles. The Hall–Kier alpha value is -2.36. The molecule has 0 fully saturated rings. The number of nitrogens with one attached hydrogen (secondary N) is 1. The van der Waals surface area contributed by atoms with Crippen LogP contribution < -0.4 is 14.8 Å². The predicted molar refractivity (Wildman–Crippen MR) is 117 cm³/mol. The fraction of sp³-hybridized carbons (Fsp3) is 0.217. The maximum absolute atomic E-state index is 6.21. The van der Waals surface area contributed by atoms with Crippen LogP contribution in [0.3, 0.4) is 0 Å². The summed E-state index contributed by atoms with van der Waals surface area (Å²) in [5, 5.41) is 4.61. The number of anilines is 1. The van der Waals surface area contributed by atoms with Gasteiger partial charge in [0, 0.05) is 27.8 Å². The van der Waals surface area contributed by atoms with Gasteiger partial charge in [0.25, 0.3) is 0 Å². The first-order valence-electron chi connectivity index (χ1n) is 9.01. The summed E-state index contributed by atoms with van der Waals surface area (Å²) in [5.41, 5.74) is 5.50. The first kappa shape index (κ1) is 20.4. The van der Waals surface area contributed by atoms with Crippen LogP contribution in [0.25, 0.3) is 0 Å². The minimum atomic E-state index is 0.273. The minimum absolute atomic E-state index is 0.273. The monoisotopic (exact) mass is 415 g/mol. The Morgan fingerprint density at radius 1 is 0.857 bits per heavy atom. The molecular formula is C23H23Cl2NO2. The molecule has 0 unspecified atom stereocenters. The van der Waals surface area contributed by atoms with Crippen LogP contribution in [0.15, 0.2) is 54.6 Å². The van der Waals surface area contributed by atoms with Crippen LogP contribution >= 0.6 is 23.2 Å². The first-order valence-corrected chi connectivity index (χ1v) is 9.77. The van der Waals surface area contributed by atoms with Gasteiger partial charge in [0.1, 0.15) is 6.61 Å². The third-order valence-electron chi connectivity index (χ3n) is 4.67. The van der Waals surface area contributed by atoms with Crippen LogP contribution in [0.4, 0.5) is 5.69 Å². The molecule has 3 aromatic carbocycles. The molecule has 0 amide bonds. The van der Waals surface area contributed by atoms with Gasteiger partial charge >= 0.3 is 0 Å². The normalized spacial score (nSPS) is 10.6. The zero-order chi connectivity index (χ0) is 20.1. The molecule has 0 saturated heterocycles. The topological polar surface area (TPSA) is 30.5 Å². The number of benzene rings is 3. The molecule has 1 N–H and O–H groups in total. The second-order valence-corrected chi connectivity index (χ2v) is 7.44. The molecule has 0 aliphatic carbocycles. The van der Waals surface area contributed by atoms with E-state index in [0.717, 1.165) is 16.8 Å². The van der Waals surface area contributed by atoms with E-state index in [2.05, 4.69) is 37.4 Å². The van der Waals surface area contributed by atoms with E-state index < -0.39 is 0 Å². The highest BCUT2D eigenvalue weighted by atomic mass is 35.5. The highest BCUT2D eigenvalue weighted by Gasteiger charge is 2.10. The van der Waals surface area contributed by atoms with Crippen molar-refractivity contribution in [3.63, 3.8) is 0 Å². The molecule has 0 aliphatic heterocycles. The predicted octanol–water partition coefficient (Wildman–Crippen LogP) is 6.81. The van der Waals surface area contributed by atoms with E-state index >= 15 is 0 Å². The van der Waals surface area contributed by atoms with E-state index in [9.17, 15) is 0 Å². The van der Waals surface area contributed by atoms with Crippen molar-refractivity contribution in [2.75, 3.05) is 12.4 Å². The summed E-state index contributed by atoms with van der Waals surface area (Å²) in [6.07, 6.45) is 0. The van der Waals surface area contributed by atoms with Crippen molar-refractivity contribution in [3.8, 4) is 11.5 Å². The van der Waals surface area contributed by atoms with Crippen LogP contribution in [0.1, 0.15) is 22.3 Å². The van der Waals surface area contributed by atoms with Gasteiger partial charge in [0.2, 0.25) is 0 Å². The van der Waals surface area contributed by atoms with Crippen molar-refractivity contribution in [1.29, 1.82) is 0 Å². The lowest BCUT2D eigenvalue weighted by Crippen LogP contribution is -2.02. The van der Waals surface area contributed by atoms with Crippen molar-refractivity contribution in [3.05, 3.63) is 86.9 Å². The zero-order valence-corrected chi connectivity index (χ0v) is 17.7. The van der Waals surface area contributed by atoms with E-state index in [4.69, 9.17) is 32.7 Å². The second kappa shape index (κ2) is 9.22. The fourth-order valence-corrected chi connectivity index (χ4v) is 3.32. The Morgan fingerprint density at radius 3 is 2.29 bits per heavy atom. The van der Waals surface area contributed by atoms with Gasteiger partial charge < -0.3 is 14.8 Å².